The first kappa shape index (κ1) is 10.6. The molecular weight excluding hydrogens is 260 g/mol. The van der Waals surface area contributed by atoms with E-state index in [4.69, 9.17) is 0 Å². The van der Waals surface area contributed by atoms with Gasteiger partial charge in [0.15, 0.2) is 0 Å². The van der Waals surface area contributed by atoms with E-state index in [9.17, 15) is 10.1 Å². The van der Waals surface area contributed by atoms with Gasteiger partial charge in [0.05, 0.1) is 4.92 Å². The second kappa shape index (κ2) is 3.90. The van der Waals surface area contributed by atoms with Crippen LogP contribution < -0.4 is 5.32 Å². The van der Waals surface area contributed by atoms with Gasteiger partial charge in [0.2, 0.25) is 0 Å². The molecule has 1 heterocycles. The van der Waals surface area contributed by atoms with Gasteiger partial charge < -0.3 is 5.32 Å². The van der Waals surface area contributed by atoms with Gasteiger partial charge >= 0.3 is 0 Å². The highest BCUT2D eigenvalue weighted by atomic mass is 79.9. The molecule has 5 heteroatoms. The molecule has 0 fully saturated rings. The molecule has 1 aliphatic rings. The molecule has 1 aromatic carbocycles. The minimum Gasteiger partial charge on any atom is -0.310 e. The van der Waals surface area contributed by atoms with Gasteiger partial charge in [0.1, 0.15) is 0 Å². The number of benzene rings is 1. The van der Waals surface area contributed by atoms with Crippen molar-refractivity contribution in [1.82, 2.24) is 5.32 Å². The Bertz CT molecular complexity index is 420. The molecule has 1 aliphatic heterocycles. The van der Waals surface area contributed by atoms with Crippen LogP contribution in [0.5, 0.6) is 0 Å². The third kappa shape index (κ3) is 1.77. The van der Waals surface area contributed by atoms with Gasteiger partial charge in [-0.3, -0.25) is 10.1 Å². The van der Waals surface area contributed by atoms with Gasteiger partial charge in [0.25, 0.3) is 5.69 Å². The second-order valence-corrected chi connectivity index (χ2v) is 4.50. The minimum atomic E-state index is -0.302. The highest BCUT2D eigenvalue weighted by molar-refractivity contribution is 9.10. The predicted octanol–water partition coefficient (Wildman–Crippen LogP) is 2.56. The van der Waals surface area contributed by atoms with Crippen LogP contribution in [0.2, 0.25) is 0 Å². The van der Waals surface area contributed by atoms with Gasteiger partial charge in [-0.1, -0.05) is 15.9 Å². The fourth-order valence-corrected chi connectivity index (χ4v) is 2.76. The third-order valence-electron chi connectivity index (χ3n) is 2.73. The number of fused-ring (bicyclic) bond motifs is 1. The van der Waals surface area contributed by atoms with E-state index in [1.807, 2.05) is 6.92 Å². The summed E-state index contributed by atoms with van der Waals surface area (Å²) in [5.74, 6) is 0. The zero-order chi connectivity index (χ0) is 11.0. The predicted molar refractivity (Wildman–Crippen MR) is 60.9 cm³/mol. The largest absolute Gasteiger partial charge is 0.310 e. The van der Waals surface area contributed by atoms with Crippen molar-refractivity contribution in [2.75, 3.05) is 6.54 Å². The molecular formula is C10H11BrN2O2. The van der Waals surface area contributed by atoms with E-state index in [1.54, 1.807) is 12.1 Å². The first-order chi connectivity index (χ1) is 7.11. The molecule has 0 aliphatic carbocycles. The fourth-order valence-electron chi connectivity index (χ4n) is 2.04. The Hall–Kier alpha value is -0.940. The molecule has 0 saturated heterocycles. The van der Waals surface area contributed by atoms with E-state index in [2.05, 4.69) is 21.2 Å². The minimum absolute atomic E-state index is 0.169. The van der Waals surface area contributed by atoms with Crippen molar-refractivity contribution in [1.29, 1.82) is 0 Å². The van der Waals surface area contributed by atoms with Crippen molar-refractivity contribution < 1.29 is 4.92 Å². The molecule has 0 spiro atoms. The number of hydrogen-bond acceptors (Lipinski definition) is 3. The van der Waals surface area contributed by atoms with Crippen LogP contribution in [-0.4, -0.2) is 11.5 Å². The smallest absolute Gasteiger partial charge is 0.273 e. The Morgan fingerprint density at radius 2 is 2.33 bits per heavy atom. The number of nitro benzene ring substituents is 1. The zero-order valence-corrected chi connectivity index (χ0v) is 9.87. The van der Waals surface area contributed by atoms with E-state index in [1.165, 1.54) is 0 Å². The lowest BCUT2D eigenvalue weighted by molar-refractivity contribution is -0.385. The lowest BCUT2D eigenvalue weighted by Crippen LogP contribution is -2.28. The maximum atomic E-state index is 10.9. The van der Waals surface area contributed by atoms with Crippen LogP contribution >= 0.6 is 15.9 Å². The molecule has 0 aromatic heterocycles. The number of nitrogens with one attached hydrogen (secondary N) is 1. The van der Waals surface area contributed by atoms with Gasteiger partial charge in [-0.25, -0.2) is 0 Å². The quantitative estimate of drug-likeness (QED) is 0.630. The molecule has 2 rings (SSSR count). The van der Waals surface area contributed by atoms with Gasteiger partial charge in [0, 0.05) is 28.7 Å². The van der Waals surface area contributed by atoms with Gasteiger partial charge in [-0.2, -0.15) is 0 Å². The Morgan fingerprint density at radius 1 is 1.60 bits per heavy atom. The molecule has 1 unspecified atom stereocenters. The SMILES string of the molecule is CC1NCCc2c([N+](=O)[O-])ccc(Br)c21. The van der Waals surface area contributed by atoms with Crippen molar-refractivity contribution in [2.24, 2.45) is 0 Å². The van der Waals surface area contributed by atoms with E-state index in [0.29, 0.717) is 0 Å². The number of halogens is 1. The molecule has 1 aromatic rings. The van der Waals surface area contributed by atoms with Crippen LogP contribution in [-0.2, 0) is 6.42 Å². The Kier molecular flexibility index (Phi) is 2.75. The summed E-state index contributed by atoms with van der Waals surface area (Å²) >= 11 is 3.44. The molecule has 0 saturated carbocycles. The molecule has 1 N–H and O–H groups in total. The van der Waals surface area contributed by atoms with E-state index < -0.39 is 0 Å². The van der Waals surface area contributed by atoms with E-state index in [-0.39, 0.29) is 16.7 Å². The fraction of sp³-hybridized carbons (Fsp3) is 0.400. The summed E-state index contributed by atoms with van der Waals surface area (Å²) in [5.41, 5.74) is 2.12. The highest BCUT2D eigenvalue weighted by Gasteiger charge is 2.25. The van der Waals surface area contributed by atoms with Crippen LogP contribution in [0.4, 0.5) is 5.69 Å². The van der Waals surface area contributed by atoms with Crippen LogP contribution in [0.3, 0.4) is 0 Å². The van der Waals surface area contributed by atoms with Crippen molar-refractivity contribution in [3.05, 3.63) is 37.8 Å². The number of rotatable bonds is 1. The molecule has 15 heavy (non-hydrogen) atoms. The molecule has 0 radical (unpaired) electrons. The monoisotopic (exact) mass is 270 g/mol. The summed E-state index contributed by atoms with van der Waals surface area (Å²) in [6.07, 6.45) is 0.718. The molecule has 1 atom stereocenters. The normalized spacial score (nSPS) is 19.7. The Labute approximate surface area is 96.0 Å². The van der Waals surface area contributed by atoms with Crippen molar-refractivity contribution >= 4 is 21.6 Å². The number of nitrogens with zero attached hydrogens (tertiary/aromatic N) is 1. The van der Waals surface area contributed by atoms with Crippen molar-refractivity contribution in [3.63, 3.8) is 0 Å². The lowest BCUT2D eigenvalue weighted by atomic mass is 9.94. The van der Waals surface area contributed by atoms with Crippen LogP contribution in [0.15, 0.2) is 16.6 Å². The summed E-state index contributed by atoms with van der Waals surface area (Å²) in [5, 5.41) is 14.2. The Balaban J connectivity index is 2.63. The maximum Gasteiger partial charge on any atom is 0.273 e. The molecule has 4 nitrogen and oxygen atoms in total. The van der Waals surface area contributed by atoms with Crippen LogP contribution in [0.25, 0.3) is 0 Å². The first-order valence-corrected chi connectivity index (χ1v) is 5.59. The second-order valence-electron chi connectivity index (χ2n) is 3.64. The number of hydrogen-bond donors (Lipinski definition) is 1. The average molecular weight is 271 g/mol. The van der Waals surface area contributed by atoms with Crippen LogP contribution in [0, 0.1) is 10.1 Å². The highest BCUT2D eigenvalue weighted by Crippen LogP contribution is 2.35. The summed E-state index contributed by atoms with van der Waals surface area (Å²) in [6.45, 7) is 2.82. The van der Waals surface area contributed by atoms with Crippen molar-refractivity contribution in [3.8, 4) is 0 Å². The maximum absolute atomic E-state index is 10.9. The summed E-state index contributed by atoms with van der Waals surface area (Å²) in [6, 6.07) is 3.49. The average Bonchev–Trinajstić information content (AvgIpc) is 2.17. The van der Waals surface area contributed by atoms with E-state index >= 15 is 0 Å². The molecule has 0 amide bonds. The standard InChI is InChI=1S/C10H11BrN2O2/c1-6-10-7(4-5-12-6)9(13(14)15)3-2-8(10)11/h2-3,6,12H,4-5H2,1H3. The summed E-state index contributed by atoms with van der Waals surface area (Å²) < 4.78 is 0.947. The molecule has 80 valence electrons. The van der Waals surface area contributed by atoms with Crippen LogP contribution in [0.1, 0.15) is 24.1 Å². The zero-order valence-electron chi connectivity index (χ0n) is 8.29. The summed E-state index contributed by atoms with van der Waals surface area (Å²) in [4.78, 5) is 10.6. The van der Waals surface area contributed by atoms with E-state index in [0.717, 1.165) is 28.6 Å². The molecule has 0 bridgehead atoms. The summed E-state index contributed by atoms with van der Waals surface area (Å²) in [7, 11) is 0. The topological polar surface area (TPSA) is 55.2 Å². The number of nitro groups is 1. The van der Waals surface area contributed by atoms with Gasteiger partial charge in [-0.05, 0) is 25.0 Å². The Morgan fingerprint density at radius 3 is 3.00 bits per heavy atom. The first-order valence-electron chi connectivity index (χ1n) is 4.80. The third-order valence-corrected chi connectivity index (χ3v) is 3.43. The van der Waals surface area contributed by atoms with Gasteiger partial charge in [-0.15, -0.1) is 0 Å². The van der Waals surface area contributed by atoms with Crippen molar-refractivity contribution in [2.45, 2.75) is 19.4 Å². The lowest BCUT2D eigenvalue weighted by Gasteiger charge is -2.24.